The molecule has 0 N–H and O–H groups in total. The molecule has 0 bridgehead atoms. The predicted molar refractivity (Wildman–Crippen MR) is 112 cm³/mol. The molecule has 27 heavy (non-hydrogen) atoms. The van der Waals surface area contributed by atoms with Gasteiger partial charge in [-0.3, -0.25) is 9.69 Å². The van der Waals surface area contributed by atoms with Gasteiger partial charge in [-0.25, -0.2) is 4.98 Å². The number of rotatable bonds is 5. The molecule has 1 aromatic carbocycles. The second kappa shape index (κ2) is 7.46. The third-order valence-electron chi connectivity index (χ3n) is 4.31. The molecule has 0 spiro atoms. The first kappa shape index (κ1) is 18.2. The van der Waals surface area contributed by atoms with Gasteiger partial charge in [0, 0.05) is 4.88 Å². The number of hydrogen-bond donors (Lipinski definition) is 0. The van der Waals surface area contributed by atoms with Crippen molar-refractivity contribution in [2.45, 2.75) is 26.8 Å². The Bertz CT molecular complexity index is 1060. The van der Waals surface area contributed by atoms with Gasteiger partial charge in [-0.2, -0.15) is 0 Å². The van der Waals surface area contributed by atoms with E-state index in [1.807, 2.05) is 31.2 Å². The number of benzene rings is 1. The summed E-state index contributed by atoms with van der Waals surface area (Å²) in [5.41, 5.74) is 3.22. The van der Waals surface area contributed by atoms with Crippen molar-refractivity contribution in [3.63, 3.8) is 0 Å². The number of anilines is 1. The monoisotopic (exact) mass is 416 g/mol. The van der Waals surface area contributed by atoms with Gasteiger partial charge in [0.15, 0.2) is 5.13 Å². The standard InChI is InChI=1S/C20H17ClN2O2S2/c1-12-5-6-13(2)19-18(12)22-20(27-19)23(11-14-4-3-9-25-14)17(24)10-15-7-8-16(21)26-15/h3-9H,10-11H2,1-2H3. The predicted octanol–water partition coefficient (Wildman–Crippen LogP) is 6.00. The summed E-state index contributed by atoms with van der Waals surface area (Å²) in [6, 6.07) is 11.5. The molecule has 0 saturated heterocycles. The maximum atomic E-state index is 13.1. The zero-order valence-corrected chi connectivity index (χ0v) is 17.2. The molecular formula is C20H17ClN2O2S2. The topological polar surface area (TPSA) is 46.3 Å². The minimum atomic E-state index is -0.0284. The zero-order chi connectivity index (χ0) is 19.0. The van der Waals surface area contributed by atoms with Crippen molar-refractivity contribution in [3.8, 4) is 0 Å². The molecule has 3 heterocycles. The third kappa shape index (κ3) is 3.78. The van der Waals surface area contributed by atoms with Crippen LogP contribution in [0.5, 0.6) is 0 Å². The summed E-state index contributed by atoms with van der Waals surface area (Å²) in [6.45, 7) is 4.45. The van der Waals surface area contributed by atoms with Gasteiger partial charge in [-0.05, 0) is 49.2 Å². The van der Waals surface area contributed by atoms with Crippen molar-refractivity contribution < 1.29 is 9.21 Å². The fraction of sp³-hybridized carbons (Fsp3) is 0.200. The second-order valence-corrected chi connectivity index (χ2v) is 9.09. The number of nitrogens with zero attached hydrogens (tertiary/aromatic N) is 2. The number of carbonyl (C=O) groups is 1. The van der Waals surface area contributed by atoms with E-state index in [0.717, 1.165) is 32.0 Å². The lowest BCUT2D eigenvalue weighted by Crippen LogP contribution is -2.31. The molecule has 0 saturated carbocycles. The molecule has 0 aliphatic carbocycles. The number of aromatic nitrogens is 1. The van der Waals surface area contributed by atoms with Crippen LogP contribution in [0, 0.1) is 13.8 Å². The summed E-state index contributed by atoms with van der Waals surface area (Å²) in [6.07, 6.45) is 1.90. The number of halogens is 1. The number of thiazole rings is 1. The summed E-state index contributed by atoms with van der Waals surface area (Å²) in [7, 11) is 0. The van der Waals surface area contributed by atoms with E-state index in [-0.39, 0.29) is 12.3 Å². The van der Waals surface area contributed by atoms with Crippen molar-refractivity contribution in [1.29, 1.82) is 0 Å². The summed E-state index contributed by atoms with van der Waals surface area (Å²) in [4.78, 5) is 20.5. The largest absolute Gasteiger partial charge is 0.467 e. The first-order valence-electron chi connectivity index (χ1n) is 8.45. The molecular weight excluding hydrogens is 400 g/mol. The van der Waals surface area contributed by atoms with Gasteiger partial charge in [-0.1, -0.05) is 35.1 Å². The minimum absolute atomic E-state index is 0.0284. The van der Waals surface area contributed by atoms with Gasteiger partial charge in [0.05, 0.1) is 33.8 Å². The van der Waals surface area contributed by atoms with E-state index in [4.69, 9.17) is 21.0 Å². The van der Waals surface area contributed by atoms with Gasteiger partial charge in [0.25, 0.3) is 0 Å². The fourth-order valence-corrected chi connectivity index (χ4v) is 5.08. The Labute approximate surface area is 170 Å². The molecule has 4 nitrogen and oxygen atoms in total. The molecule has 0 radical (unpaired) electrons. The van der Waals surface area contributed by atoms with Crippen molar-refractivity contribution in [2.75, 3.05) is 4.90 Å². The molecule has 0 atom stereocenters. The molecule has 4 aromatic rings. The Morgan fingerprint density at radius 1 is 1.15 bits per heavy atom. The summed E-state index contributed by atoms with van der Waals surface area (Å²) in [5.74, 6) is 0.694. The number of amides is 1. The molecule has 0 unspecified atom stereocenters. The van der Waals surface area contributed by atoms with E-state index < -0.39 is 0 Å². The third-order valence-corrected chi connectivity index (χ3v) is 6.76. The lowest BCUT2D eigenvalue weighted by molar-refractivity contribution is -0.118. The maximum Gasteiger partial charge on any atom is 0.234 e. The molecule has 0 aliphatic rings. The number of fused-ring (bicyclic) bond motifs is 1. The van der Waals surface area contributed by atoms with Gasteiger partial charge in [-0.15, -0.1) is 11.3 Å². The number of furan rings is 1. The van der Waals surface area contributed by atoms with Crippen LogP contribution in [0.2, 0.25) is 4.34 Å². The van der Waals surface area contributed by atoms with Crippen LogP contribution in [0.15, 0.2) is 47.1 Å². The van der Waals surface area contributed by atoms with Gasteiger partial charge in [0.1, 0.15) is 5.76 Å². The van der Waals surface area contributed by atoms with Crippen molar-refractivity contribution >= 4 is 55.5 Å². The highest BCUT2D eigenvalue weighted by molar-refractivity contribution is 7.22. The Morgan fingerprint density at radius 3 is 2.63 bits per heavy atom. The maximum absolute atomic E-state index is 13.1. The molecule has 138 valence electrons. The first-order valence-corrected chi connectivity index (χ1v) is 10.5. The van der Waals surface area contributed by atoms with Crippen molar-refractivity contribution in [2.24, 2.45) is 0 Å². The van der Waals surface area contributed by atoms with Crippen LogP contribution in [0.1, 0.15) is 21.8 Å². The van der Waals surface area contributed by atoms with Crippen LogP contribution in [0.4, 0.5) is 5.13 Å². The summed E-state index contributed by atoms with van der Waals surface area (Å²) in [5, 5.41) is 0.687. The van der Waals surface area contributed by atoms with Gasteiger partial charge in [0.2, 0.25) is 5.91 Å². The van der Waals surface area contributed by atoms with Crippen molar-refractivity contribution in [3.05, 3.63) is 68.8 Å². The van der Waals surface area contributed by atoms with Crippen LogP contribution < -0.4 is 4.90 Å². The van der Waals surface area contributed by atoms with Crippen LogP contribution in [0.25, 0.3) is 10.2 Å². The highest BCUT2D eigenvalue weighted by Crippen LogP contribution is 2.34. The van der Waals surface area contributed by atoms with Crippen LogP contribution >= 0.6 is 34.3 Å². The SMILES string of the molecule is Cc1ccc(C)c2sc(N(Cc3ccco3)C(=O)Cc3ccc(Cl)s3)nc12. The molecule has 0 aliphatic heterocycles. The van der Waals surface area contributed by atoms with Crippen LogP contribution in [0.3, 0.4) is 0 Å². The van der Waals surface area contributed by atoms with Gasteiger partial charge >= 0.3 is 0 Å². The van der Waals surface area contributed by atoms with E-state index >= 15 is 0 Å². The van der Waals surface area contributed by atoms with E-state index in [0.29, 0.717) is 16.0 Å². The van der Waals surface area contributed by atoms with Crippen LogP contribution in [-0.2, 0) is 17.8 Å². The quantitative estimate of drug-likeness (QED) is 0.401. The molecule has 7 heteroatoms. The average molecular weight is 417 g/mol. The Hall–Kier alpha value is -2.15. The summed E-state index contributed by atoms with van der Waals surface area (Å²) >= 11 is 8.98. The fourth-order valence-electron chi connectivity index (χ4n) is 2.88. The average Bonchev–Trinajstić information content (AvgIpc) is 3.37. The number of thiophene rings is 1. The van der Waals surface area contributed by atoms with Crippen molar-refractivity contribution in [1.82, 2.24) is 4.98 Å². The first-order chi connectivity index (χ1) is 13.0. The zero-order valence-electron chi connectivity index (χ0n) is 14.9. The highest BCUT2D eigenvalue weighted by Gasteiger charge is 2.23. The molecule has 1 amide bonds. The smallest absolute Gasteiger partial charge is 0.234 e. The summed E-state index contributed by atoms with van der Waals surface area (Å²) < 4.78 is 7.27. The van der Waals surface area contributed by atoms with Crippen LogP contribution in [-0.4, -0.2) is 10.9 Å². The molecule has 3 aromatic heterocycles. The number of hydrogen-bond acceptors (Lipinski definition) is 5. The highest BCUT2D eigenvalue weighted by atomic mass is 35.5. The number of carbonyl (C=O) groups excluding carboxylic acids is 1. The molecule has 4 rings (SSSR count). The molecule has 0 fully saturated rings. The Morgan fingerprint density at radius 2 is 1.96 bits per heavy atom. The second-order valence-electron chi connectivity index (χ2n) is 6.32. The minimum Gasteiger partial charge on any atom is -0.467 e. The number of aryl methyl sites for hydroxylation is 2. The Kier molecular flexibility index (Phi) is 5.04. The van der Waals surface area contributed by atoms with E-state index in [1.54, 1.807) is 22.5 Å². The normalized spacial score (nSPS) is 11.2. The van der Waals surface area contributed by atoms with Gasteiger partial charge < -0.3 is 4.42 Å². The van der Waals surface area contributed by atoms with E-state index in [2.05, 4.69) is 19.1 Å². The lowest BCUT2D eigenvalue weighted by atomic mass is 10.1. The van der Waals surface area contributed by atoms with E-state index in [1.165, 1.54) is 11.3 Å². The van der Waals surface area contributed by atoms with E-state index in [9.17, 15) is 4.79 Å². The Balaban J connectivity index is 1.72. The lowest BCUT2D eigenvalue weighted by Gasteiger charge is -2.18.